The van der Waals surface area contributed by atoms with Crippen LogP contribution in [-0.2, 0) is 4.79 Å². The van der Waals surface area contributed by atoms with Gasteiger partial charge in [0.2, 0.25) is 5.91 Å². The number of amides is 1. The van der Waals surface area contributed by atoms with E-state index in [0.29, 0.717) is 12.8 Å². The van der Waals surface area contributed by atoms with E-state index in [0.717, 1.165) is 19.4 Å². The monoisotopic (exact) mass is 271 g/mol. The Hall–Kier alpha value is -0.570. The van der Waals surface area contributed by atoms with E-state index in [9.17, 15) is 4.79 Å². The van der Waals surface area contributed by atoms with Crippen LogP contribution in [0.3, 0.4) is 0 Å². The molecule has 0 aliphatic carbocycles. The van der Waals surface area contributed by atoms with Crippen molar-refractivity contribution in [2.45, 2.75) is 90.6 Å². The summed E-state index contributed by atoms with van der Waals surface area (Å²) in [5, 5.41) is 12.0. The molecule has 0 heterocycles. The lowest BCUT2D eigenvalue weighted by Crippen LogP contribution is -2.24. The topological polar surface area (TPSA) is 49.3 Å². The highest BCUT2D eigenvalue weighted by Gasteiger charge is 2.02. The summed E-state index contributed by atoms with van der Waals surface area (Å²) in [4.78, 5) is 11.4. The van der Waals surface area contributed by atoms with Gasteiger partial charge in [-0.25, -0.2) is 0 Å². The number of hydrogen-bond donors (Lipinski definition) is 2. The van der Waals surface area contributed by atoms with Gasteiger partial charge in [0, 0.05) is 13.0 Å². The second-order valence-electron chi connectivity index (χ2n) is 5.57. The molecule has 1 unspecified atom stereocenters. The first-order valence-corrected chi connectivity index (χ1v) is 8.11. The molecule has 0 aromatic carbocycles. The lowest BCUT2D eigenvalue weighted by Gasteiger charge is -2.06. The molecule has 114 valence electrons. The van der Waals surface area contributed by atoms with E-state index < -0.39 is 0 Å². The highest BCUT2D eigenvalue weighted by atomic mass is 16.3. The zero-order valence-electron chi connectivity index (χ0n) is 12.9. The average molecular weight is 271 g/mol. The summed E-state index contributed by atoms with van der Waals surface area (Å²) >= 11 is 0. The second kappa shape index (κ2) is 13.9. The normalized spacial score (nSPS) is 12.4. The van der Waals surface area contributed by atoms with Crippen LogP contribution in [-0.4, -0.2) is 23.7 Å². The molecule has 0 bridgehead atoms. The Kier molecular flexibility index (Phi) is 13.4. The number of carbonyl (C=O) groups is 1. The van der Waals surface area contributed by atoms with Crippen LogP contribution >= 0.6 is 0 Å². The second-order valence-corrected chi connectivity index (χ2v) is 5.57. The fourth-order valence-electron chi connectivity index (χ4n) is 2.13. The molecule has 0 aromatic heterocycles. The lowest BCUT2D eigenvalue weighted by molar-refractivity contribution is -0.121. The van der Waals surface area contributed by atoms with Gasteiger partial charge in [-0.1, -0.05) is 51.9 Å². The van der Waals surface area contributed by atoms with Gasteiger partial charge in [0.05, 0.1) is 6.10 Å². The summed E-state index contributed by atoms with van der Waals surface area (Å²) in [5.41, 5.74) is 0. The maximum Gasteiger partial charge on any atom is 0.219 e. The molecule has 3 heteroatoms. The number of hydrogen-bond acceptors (Lipinski definition) is 2. The van der Waals surface area contributed by atoms with E-state index in [-0.39, 0.29) is 12.0 Å². The van der Waals surface area contributed by atoms with Gasteiger partial charge < -0.3 is 10.4 Å². The van der Waals surface area contributed by atoms with E-state index in [2.05, 4.69) is 12.2 Å². The van der Waals surface area contributed by atoms with Gasteiger partial charge in [-0.2, -0.15) is 0 Å². The van der Waals surface area contributed by atoms with E-state index in [4.69, 9.17) is 5.11 Å². The van der Waals surface area contributed by atoms with Crippen molar-refractivity contribution < 1.29 is 9.90 Å². The Labute approximate surface area is 119 Å². The van der Waals surface area contributed by atoms with Gasteiger partial charge in [-0.05, 0) is 26.2 Å². The van der Waals surface area contributed by atoms with Crippen LogP contribution in [0.1, 0.15) is 84.5 Å². The van der Waals surface area contributed by atoms with Crippen molar-refractivity contribution in [3.05, 3.63) is 0 Å². The van der Waals surface area contributed by atoms with Crippen molar-refractivity contribution in [3.8, 4) is 0 Å². The molecule has 0 fully saturated rings. The Morgan fingerprint density at radius 3 is 2.16 bits per heavy atom. The van der Waals surface area contributed by atoms with Gasteiger partial charge in [0.1, 0.15) is 0 Å². The molecule has 0 aliphatic rings. The number of aliphatic hydroxyl groups is 1. The minimum absolute atomic E-state index is 0.128. The predicted molar refractivity (Wildman–Crippen MR) is 81.2 cm³/mol. The van der Waals surface area contributed by atoms with Crippen molar-refractivity contribution in [1.82, 2.24) is 5.32 Å². The number of rotatable bonds is 13. The average Bonchev–Trinajstić information content (AvgIpc) is 2.36. The number of aliphatic hydroxyl groups excluding tert-OH is 1. The van der Waals surface area contributed by atoms with Crippen LogP contribution in [0.5, 0.6) is 0 Å². The molecule has 0 rings (SSSR count). The third-order valence-electron chi connectivity index (χ3n) is 3.38. The minimum Gasteiger partial charge on any atom is -0.393 e. The zero-order chi connectivity index (χ0) is 14.3. The summed E-state index contributed by atoms with van der Waals surface area (Å²) in [6.07, 6.45) is 12.1. The SMILES string of the molecule is CCCCCCCCCCNC(=O)CCCC(C)O. The highest BCUT2D eigenvalue weighted by molar-refractivity contribution is 5.75. The van der Waals surface area contributed by atoms with Gasteiger partial charge in [-0.15, -0.1) is 0 Å². The highest BCUT2D eigenvalue weighted by Crippen LogP contribution is 2.08. The van der Waals surface area contributed by atoms with Crippen LogP contribution in [0.2, 0.25) is 0 Å². The van der Waals surface area contributed by atoms with Crippen LogP contribution in [0, 0.1) is 0 Å². The maximum absolute atomic E-state index is 11.4. The Morgan fingerprint density at radius 2 is 1.58 bits per heavy atom. The molecule has 0 saturated carbocycles. The smallest absolute Gasteiger partial charge is 0.219 e. The van der Waals surface area contributed by atoms with Crippen molar-refractivity contribution in [2.75, 3.05) is 6.54 Å². The summed E-state index contributed by atoms with van der Waals surface area (Å²) in [6.45, 7) is 4.81. The molecular weight excluding hydrogens is 238 g/mol. The first-order chi connectivity index (χ1) is 9.16. The van der Waals surface area contributed by atoms with E-state index in [1.54, 1.807) is 6.92 Å². The Morgan fingerprint density at radius 1 is 1.00 bits per heavy atom. The Bertz CT molecular complexity index is 205. The lowest BCUT2D eigenvalue weighted by atomic mass is 10.1. The maximum atomic E-state index is 11.4. The van der Waals surface area contributed by atoms with E-state index in [1.165, 1.54) is 44.9 Å². The predicted octanol–water partition coefficient (Wildman–Crippen LogP) is 3.79. The molecule has 1 amide bonds. The fourth-order valence-corrected chi connectivity index (χ4v) is 2.13. The van der Waals surface area contributed by atoms with Crippen molar-refractivity contribution >= 4 is 5.91 Å². The summed E-state index contributed by atoms with van der Waals surface area (Å²) < 4.78 is 0. The third-order valence-corrected chi connectivity index (χ3v) is 3.38. The van der Waals surface area contributed by atoms with Gasteiger partial charge in [0.15, 0.2) is 0 Å². The first-order valence-electron chi connectivity index (χ1n) is 8.11. The summed E-state index contributed by atoms with van der Waals surface area (Å²) in [5.74, 6) is 0.128. The summed E-state index contributed by atoms with van der Waals surface area (Å²) in [7, 11) is 0. The van der Waals surface area contributed by atoms with Crippen molar-refractivity contribution in [2.24, 2.45) is 0 Å². The molecule has 0 aliphatic heterocycles. The van der Waals surface area contributed by atoms with Crippen LogP contribution in [0.25, 0.3) is 0 Å². The quantitative estimate of drug-likeness (QED) is 0.501. The standard InChI is InChI=1S/C16H33NO2/c1-3-4-5-6-7-8-9-10-14-17-16(19)13-11-12-15(2)18/h15,18H,3-14H2,1-2H3,(H,17,19). The van der Waals surface area contributed by atoms with Gasteiger partial charge in [-0.3, -0.25) is 4.79 Å². The molecule has 19 heavy (non-hydrogen) atoms. The van der Waals surface area contributed by atoms with Crippen LogP contribution in [0.4, 0.5) is 0 Å². The molecule has 0 saturated heterocycles. The number of carbonyl (C=O) groups excluding carboxylic acids is 1. The molecular formula is C16H33NO2. The minimum atomic E-state index is -0.291. The van der Waals surface area contributed by atoms with Gasteiger partial charge in [0.25, 0.3) is 0 Å². The fraction of sp³-hybridized carbons (Fsp3) is 0.938. The Balaban J connectivity index is 3.14. The molecule has 0 radical (unpaired) electrons. The van der Waals surface area contributed by atoms with Crippen molar-refractivity contribution in [1.29, 1.82) is 0 Å². The largest absolute Gasteiger partial charge is 0.393 e. The van der Waals surface area contributed by atoms with Gasteiger partial charge >= 0.3 is 0 Å². The first kappa shape index (κ1) is 18.4. The number of nitrogens with one attached hydrogen (secondary N) is 1. The molecule has 0 spiro atoms. The molecule has 3 nitrogen and oxygen atoms in total. The molecule has 1 atom stereocenters. The van der Waals surface area contributed by atoms with E-state index in [1.807, 2.05) is 0 Å². The van der Waals surface area contributed by atoms with Crippen molar-refractivity contribution in [3.63, 3.8) is 0 Å². The molecule has 2 N–H and O–H groups in total. The molecule has 0 aromatic rings. The zero-order valence-corrected chi connectivity index (χ0v) is 12.9. The van der Waals surface area contributed by atoms with Crippen LogP contribution in [0.15, 0.2) is 0 Å². The number of unbranched alkanes of at least 4 members (excludes halogenated alkanes) is 7. The summed E-state index contributed by atoms with van der Waals surface area (Å²) in [6, 6.07) is 0. The van der Waals surface area contributed by atoms with Crippen LogP contribution < -0.4 is 5.32 Å². The van der Waals surface area contributed by atoms with E-state index >= 15 is 0 Å². The third kappa shape index (κ3) is 15.4.